The third kappa shape index (κ3) is 4.41. The fourth-order valence-corrected chi connectivity index (χ4v) is 1.53. The van der Waals surface area contributed by atoms with E-state index in [1.807, 2.05) is 32.3 Å². The molecule has 0 N–H and O–H groups in total. The number of hydrogen-bond donors (Lipinski definition) is 0. The molecule has 2 heteroatoms. The van der Waals surface area contributed by atoms with Gasteiger partial charge in [-0.05, 0) is 18.6 Å². The second-order valence-electron chi connectivity index (χ2n) is 4.64. The standard InChI is InChI=1S/C14H20NO/c1-4-15(2,3)12-14(16)11-10-13-8-6-5-7-9-13/h4-9H,1,10-12H2,2-3H3/q+1. The predicted octanol–water partition coefficient (Wildman–Crippen LogP) is 2.41. The number of quaternary nitrogens is 1. The minimum atomic E-state index is 0.286. The van der Waals surface area contributed by atoms with Gasteiger partial charge in [0.15, 0.2) is 5.78 Å². The maximum Gasteiger partial charge on any atom is 0.187 e. The number of Topliss-reactive ketones (excluding diaryl/α,β-unsaturated/α-hetero) is 1. The number of carbonyl (C=O) groups is 1. The van der Waals surface area contributed by atoms with Gasteiger partial charge in [0.25, 0.3) is 0 Å². The van der Waals surface area contributed by atoms with Gasteiger partial charge >= 0.3 is 0 Å². The molecule has 0 amide bonds. The molecule has 0 spiro atoms. The Bertz CT molecular complexity index is 354. The zero-order valence-corrected chi connectivity index (χ0v) is 10.1. The van der Waals surface area contributed by atoms with Gasteiger partial charge in [-0.1, -0.05) is 30.3 Å². The Labute approximate surface area is 97.8 Å². The highest BCUT2D eigenvalue weighted by atomic mass is 16.1. The van der Waals surface area contributed by atoms with Gasteiger partial charge < -0.3 is 0 Å². The van der Waals surface area contributed by atoms with Gasteiger partial charge in [-0.15, -0.1) is 0 Å². The molecule has 0 radical (unpaired) electrons. The number of nitrogens with zero attached hydrogens (tertiary/aromatic N) is 1. The van der Waals surface area contributed by atoms with Crippen molar-refractivity contribution in [1.82, 2.24) is 0 Å². The van der Waals surface area contributed by atoms with Crippen LogP contribution in [0.3, 0.4) is 0 Å². The Hall–Kier alpha value is -1.41. The molecule has 0 aliphatic rings. The summed E-state index contributed by atoms with van der Waals surface area (Å²) < 4.78 is 0.549. The average Bonchev–Trinajstić information content (AvgIpc) is 2.27. The number of rotatable bonds is 6. The quantitative estimate of drug-likeness (QED) is 0.670. The summed E-state index contributed by atoms with van der Waals surface area (Å²) in [6, 6.07) is 10.1. The number of ketones is 1. The molecule has 0 atom stereocenters. The molecule has 0 fully saturated rings. The number of likely N-dealkylation sites (N-methyl/N-ethyl adjacent to an activating group) is 1. The van der Waals surface area contributed by atoms with E-state index >= 15 is 0 Å². The largest absolute Gasteiger partial charge is 0.296 e. The molecule has 1 aromatic carbocycles. The topological polar surface area (TPSA) is 17.1 Å². The van der Waals surface area contributed by atoms with Crippen LogP contribution >= 0.6 is 0 Å². The Kier molecular flexibility index (Phi) is 4.44. The zero-order valence-electron chi connectivity index (χ0n) is 10.1. The van der Waals surface area contributed by atoms with Crippen LogP contribution in [0.2, 0.25) is 0 Å². The van der Waals surface area contributed by atoms with E-state index in [1.54, 1.807) is 6.20 Å². The summed E-state index contributed by atoms with van der Waals surface area (Å²) in [4.78, 5) is 11.7. The minimum absolute atomic E-state index is 0.286. The molecule has 1 rings (SSSR count). The van der Waals surface area contributed by atoms with E-state index in [-0.39, 0.29) is 5.78 Å². The van der Waals surface area contributed by atoms with Crippen molar-refractivity contribution in [3.05, 3.63) is 48.7 Å². The molecule has 0 bridgehead atoms. The summed E-state index contributed by atoms with van der Waals surface area (Å²) in [6.07, 6.45) is 3.23. The maximum absolute atomic E-state index is 11.7. The molecule has 16 heavy (non-hydrogen) atoms. The van der Waals surface area contributed by atoms with E-state index in [0.717, 1.165) is 6.42 Å². The van der Waals surface area contributed by atoms with Crippen molar-refractivity contribution in [2.24, 2.45) is 0 Å². The molecule has 0 saturated heterocycles. The normalized spacial score (nSPS) is 11.1. The van der Waals surface area contributed by atoms with Crippen LogP contribution in [0.4, 0.5) is 0 Å². The van der Waals surface area contributed by atoms with Gasteiger partial charge in [-0.2, -0.15) is 0 Å². The number of benzene rings is 1. The molecule has 0 aromatic heterocycles. The first-order chi connectivity index (χ1) is 7.53. The molecule has 0 saturated carbocycles. The van der Waals surface area contributed by atoms with Crippen LogP contribution in [-0.4, -0.2) is 30.9 Å². The zero-order chi connectivity index (χ0) is 12.0. The van der Waals surface area contributed by atoms with E-state index in [0.29, 0.717) is 17.4 Å². The highest BCUT2D eigenvalue weighted by molar-refractivity contribution is 5.79. The second kappa shape index (κ2) is 5.61. The van der Waals surface area contributed by atoms with Crippen LogP contribution in [-0.2, 0) is 11.2 Å². The Morgan fingerprint density at radius 2 is 1.94 bits per heavy atom. The van der Waals surface area contributed by atoms with Crippen molar-refractivity contribution >= 4 is 5.78 Å². The number of hydrogen-bond acceptors (Lipinski definition) is 1. The molecule has 2 nitrogen and oxygen atoms in total. The first-order valence-corrected chi connectivity index (χ1v) is 5.55. The van der Waals surface area contributed by atoms with Crippen molar-refractivity contribution in [3.8, 4) is 0 Å². The van der Waals surface area contributed by atoms with Gasteiger partial charge in [-0.25, -0.2) is 0 Å². The van der Waals surface area contributed by atoms with Gasteiger partial charge in [0.2, 0.25) is 0 Å². The molecule has 0 unspecified atom stereocenters. The summed E-state index contributed by atoms with van der Waals surface area (Å²) in [5.74, 6) is 0.286. The predicted molar refractivity (Wildman–Crippen MR) is 66.9 cm³/mol. The fraction of sp³-hybridized carbons (Fsp3) is 0.357. The molecular weight excluding hydrogens is 198 g/mol. The summed E-state index contributed by atoms with van der Waals surface area (Å²) in [7, 11) is 3.96. The lowest BCUT2D eigenvalue weighted by molar-refractivity contribution is -0.829. The minimum Gasteiger partial charge on any atom is -0.296 e. The Morgan fingerprint density at radius 1 is 1.31 bits per heavy atom. The second-order valence-corrected chi connectivity index (χ2v) is 4.64. The molecule has 0 heterocycles. The monoisotopic (exact) mass is 218 g/mol. The molecule has 1 aromatic rings. The summed E-state index contributed by atoms with van der Waals surface area (Å²) in [5, 5.41) is 0. The first kappa shape index (κ1) is 12.7. The van der Waals surface area contributed by atoms with Gasteiger partial charge in [0, 0.05) is 6.42 Å². The van der Waals surface area contributed by atoms with Crippen LogP contribution in [0.15, 0.2) is 43.1 Å². The lowest BCUT2D eigenvalue weighted by atomic mass is 10.1. The van der Waals surface area contributed by atoms with E-state index < -0.39 is 0 Å². The molecule has 86 valence electrons. The smallest absolute Gasteiger partial charge is 0.187 e. The van der Waals surface area contributed by atoms with Crippen LogP contribution in [0, 0.1) is 0 Å². The SMILES string of the molecule is C=C[N+](C)(C)CC(=O)CCc1ccccc1. The van der Waals surface area contributed by atoms with Crippen LogP contribution in [0.25, 0.3) is 0 Å². The lowest BCUT2D eigenvalue weighted by Crippen LogP contribution is -2.38. The maximum atomic E-state index is 11.7. The van der Waals surface area contributed by atoms with Crippen molar-refractivity contribution in [1.29, 1.82) is 0 Å². The number of aryl methyl sites for hydroxylation is 1. The van der Waals surface area contributed by atoms with Crippen LogP contribution in [0.5, 0.6) is 0 Å². The lowest BCUT2D eigenvalue weighted by Gasteiger charge is -2.23. The van der Waals surface area contributed by atoms with Crippen molar-refractivity contribution in [2.75, 3.05) is 20.6 Å². The molecule has 0 aliphatic heterocycles. The van der Waals surface area contributed by atoms with Gasteiger partial charge in [0.05, 0.1) is 20.3 Å². The van der Waals surface area contributed by atoms with Crippen LogP contribution in [0.1, 0.15) is 12.0 Å². The third-order valence-electron chi connectivity index (χ3n) is 2.61. The summed E-state index contributed by atoms with van der Waals surface area (Å²) >= 11 is 0. The average molecular weight is 218 g/mol. The first-order valence-electron chi connectivity index (χ1n) is 5.55. The van der Waals surface area contributed by atoms with Gasteiger partial charge in [-0.3, -0.25) is 9.28 Å². The van der Waals surface area contributed by atoms with Crippen LogP contribution < -0.4 is 0 Å². The van der Waals surface area contributed by atoms with E-state index in [2.05, 4.69) is 18.7 Å². The van der Waals surface area contributed by atoms with E-state index in [1.165, 1.54) is 5.56 Å². The van der Waals surface area contributed by atoms with E-state index in [4.69, 9.17) is 0 Å². The molecular formula is C14H20NO+. The number of carbonyl (C=O) groups excluding carboxylic acids is 1. The van der Waals surface area contributed by atoms with Crippen molar-refractivity contribution in [3.63, 3.8) is 0 Å². The van der Waals surface area contributed by atoms with Crippen molar-refractivity contribution in [2.45, 2.75) is 12.8 Å². The molecule has 0 aliphatic carbocycles. The van der Waals surface area contributed by atoms with E-state index in [9.17, 15) is 4.79 Å². The highest BCUT2D eigenvalue weighted by Crippen LogP contribution is 2.05. The third-order valence-corrected chi connectivity index (χ3v) is 2.61. The Morgan fingerprint density at radius 3 is 2.50 bits per heavy atom. The summed E-state index contributed by atoms with van der Waals surface area (Å²) in [6.45, 7) is 4.25. The fourth-order valence-electron chi connectivity index (χ4n) is 1.53. The Balaban J connectivity index is 2.39. The van der Waals surface area contributed by atoms with Gasteiger partial charge in [0.1, 0.15) is 6.54 Å². The highest BCUT2D eigenvalue weighted by Gasteiger charge is 2.15. The van der Waals surface area contributed by atoms with Crippen molar-refractivity contribution < 1.29 is 9.28 Å². The summed E-state index contributed by atoms with van der Waals surface area (Å²) in [5.41, 5.74) is 1.22.